The third-order valence-corrected chi connectivity index (χ3v) is 3.75. The van der Waals surface area contributed by atoms with Crippen molar-refractivity contribution < 1.29 is 9.47 Å². The van der Waals surface area contributed by atoms with Crippen molar-refractivity contribution in [3.8, 4) is 0 Å². The third kappa shape index (κ3) is 1.47. The van der Waals surface area contributed by atoms with Gasteiger partial charge in [0.15, 0.2) is 0 Å². The number of hydrogen-bond acceptors (Lipinski definition) is 3. The highest BCUT2D eigenvalue weighted by Gasteiger charge is 2.49. The van der Waals surface area contributed by atoms with E-state index in [0.717, 1.165) is 38.7 Å². The van der Waals surface area contributed by atoms with E-state index < -0.39 is 0 Å². The molecule has 1 N–H and O–H groups in total. The van der Waals surface area contributed by atoms with Gasteiger partial charge in [0.1, 0.15) is 5.60 Å². The molecule has 0 bridgehead atoms. The number of ether oxygens (including phenoxy) is 2. The van der Waals surface area contributed by atoms with Crippen molar-refractivity contribution in [1.82, 2.24) is 5.32 Å². The highest BCUT2D eigenvalue weighted by Crippen LogP contribution is 2.42. The molecule has 3 fully saturated rings. The molecule has 2 unspecified atom stereocenters. The van der Waals surface area contributed by atoms with Crippen LogP contribution in [0.25, 0.3) is 0 Å². The fourth-order valence-corrected chi connectivity index (χ4v) is 2.92. The molecule has 14 heavy (non-hydrogen) atoms. The molecule has 0 aromatic heterocycles. The topological polar surface area (TPSA) is 30.5 Å². The Kier molecular flexibility index (Phi) is 2.26. The highest BCUT2D eigenvalue weighted by molar-refractivity contribution is 5.04. The van der Waals surface area contributed by atoms with Crippen LogP contribution >= 0.6 is 0 Å². The molecule has 2 heterocycles. The summed E-state index contributed by atoms with van der Waals surface area (Å²) in [6, 6.07) is 0.566. The molecule has 2 saturated heterocycles. The lowest BCUT2D eigenvalue weighted by molar-refractivity contribution is -0.167. The summed E-state index contributed by atoms with van der Waals surface area (Å²) < 4.78 is 11.6. The maximum Gasteiger partial charge on any atom is 0.107 e. The van der Waals surface area contributed by atoms with Gasteiger partial charge in [-0.3, -0.25) is 0 Å². The second kappa shape index (κ2) is 3.47. The largest absolute Gasteiger partial charge is 0.378 e. The second-order valence-corrected chi connectivity index (χ2v) is 4.84. The van der Waals surface area contributed by atoms with E-state index in [4.69, 9.17) is 9.47 Å². The predicted molar refractivity (Wildman–Crippen MR) is 53.3 cm³/mol. The normalized spacial score (nSPS) is 44.1. The third-order valence-electron chi connectivity index (χ3n) is 3.75. The molecule has 3 heteroatoms. The van der Waals surface area contributed by atoms with Crippen LogP contribution in [0.1, 0.15) is 25.7 Å². The summed E-state index contributed by atoms with van der Waals surface area (Å²) in [6.45, 7) is 3.60. The van der Waals surface area contributed by atoms with Gasteiger partial charge in [-0.2, -0.15) is 0 Å². The summed E-state index contributed by atoms with van der Waals surface area (Å²) in [5.41, 5.74) is 0.0255. The minimum Gasteiger partial charge on any atom is -0.378 e. The Morgan fingerprint density at radius 1 is 1.21 bits per heavy atom. The maximum atomic E-state index is 6.03. The summed E-state index contributed by atoms with van der Waals surface area (Å²) >= 11 is 0. The molecule has 1 spiro atoms. The van der Waals surface area contributed by atoms with Crippen molar-refractivity contribution >= 4 is 0 Å². The summed E-state index contributed by atoms with van der Waals surface area (Å²) in [5.74, 6) is 0.858. The average molecular weight is 197 g/mol. The average Bonchev–Trinajstić information content (AvgIpc) is 3.03. The van der Waals surface area contributed by atoms with E-state index in [9.17, 15) is 0 Å². The number of hydrogen-bond donors (Lipinski definition) is 1. The first-order valence-electron chi connectivity index (χ1n) is 5.86. The maximum absolute atomic E-state index is 6.03. The lowest BCUT2D eigenvalue weighted by Gasteiger charge is -2.46. The standard InChI is InChI=1S/C11H19NO2/c1-4-11(8-13-6-1)10(9-2-3-9)12-5-7-14-11/h9-10,12H,1-8H2. The second-order valence-electron chi connectivity index (χ2n) is 4.84. The van der Waals surface area contributed by atoms with Gasteiger partial charge in [0.05, 0.1) is 13.2 Å². The van der Waals surface area contributed by atoms with Crippen LogP contribution in [0.5, 0.6) is 0 Å². The van der Waals surface area contributed by atoms with Crippen molar-refractivity contribution in [3.63, 3.8) is 0 Å². The number of rotatable bonds is 1. The SMILES string of the molecule is C1COCC2(C1)OCCNC2C1CC1. The molecule has 0 aromatic carbocycles. The van der Waals surface area contributed by atoms with Gasteiger partial charge in [-0.25, -0.2) is 0 Å². The fourth-order valence-electron chi connectivity index (χ4n) is 2.92. The molecule has 80 valence electrons. The van der Waals surface area contributed by atoms with E-state index in [2.05, 4.69) is 5.32 Å². The molecular weight excluding hydrogens is 178 g/mol. The first-order valence-corrected chi connectivity index (χ1v) is 5.86. The zero-order valence-electron chi connectivity index (χ0n) is 8.63. The quantitative estimate of drug-likeness (QED) is 0.678. The molecule has 2 aliphatic heterocycles. The van der Waals surface area contributed by atoms with Crippen molar-refractivity contribution in [3.05, 3.63) is 0 Å². The van der Waals surface area contributed by atoms with Crippen molar-refractivity contribution in [1.29, 1.82) is 0 Å². The summed E-state index contributed by atoms with van der Waals surface area (Å²) in [7, 11) is 0. The van der Waals surface area contributed by atoms with E-state index in [-0.39, 0.29) is 5.60 Å². The van der Waals surface area contributed by atoms with E-state index in [1.807, 2.05) is 0 Å². The fraction of sp³-hybridized carbons (Fsp3) is 1.00. The Hall–Kier alpha value is -0.120. The van der Waals surface area contributed by atoms with Crippen LogP contribution in [0.15, 0.2) is 0 Å². The van der Waals surface area contributed by atoms with Gasteiger partial charge < -0.3 is 14.8 Å². The molecule has 3 nitrogen and oxygen atoms in total. The predicted octanol–water partition coefficient (Wildman–Crippen LogP) is 0.934. The van der Waals surface area contributed by atoms with Gasteiger partial charge in [-0.15, -0.1) is 0 Å². The van der Waals surface area contributed by atoms with Crippen LogP contribution < -0.4 is 5.32 Å². The van der Waals surface area contributed by atoms with Gasteiger partial charge in [-0.05, 0) is 31.6 Å². The number of nitrogens with one attached hydrogen (secondary N) is 1. The lowest BCUT2D eigenvalue weighted by Crippen LogP contribution is -2.62. The first-order chi connectivity index (χ1) is 6.91. The number of morpholine rings is 1. The molecule has 3 rings (SSSR count). The van der Waals surface area contributed by atoms with E-state index >= 15 is 0 Å². The van der Waals surface area contributed by atoms with Crippen LogP contribution in [0, 0.1) is 5.92 Å². The van der Waals surface area contributed by atoms with Crippen LogP contribution in [0.3, 0.4) is 0 Å². The zero-order chi connectivity index (χ0) is 9.43. The van der Waals surface area contributed by atoms with Gasteiger partial charge in [0, 0.05) is 19.2 Å². The summed E-state index contributed by atoms with van der Waals surface area (Å²) in [6.07, 6.45) is 5.09. The molecule has 1 aliphatic carbocycles. The van der Waals surface area contributed by atoms with Gasteiger partial charge in [0.25, 0.3) is 0 Å². The van der Waals surface area contributed by atoms with Crippen LogP contribution in [0.4, 0.5) is 0 Å². The van der Waals surface area contributed by atoms with Crippen molar-refractivity contribution in [2.45, 2.75) is 37.3 Å². The van der Waals surface area contributed by atoms with Crippen LogP contribution in [-0.4, -0.2) is 38.0 Å². The first kappa shape index (κ1) is 9.13. The molecule has 2 atom stereocenters. The highest BCUT2D eigenvalue weighted by atomic mass is 16.5. The van der Waals surface area contributed by atoms with E-state index in [1.165, 1.54) is 19.3 Å². The Bertz CT molecular complexity index is 201. The molecular formula is C11H19NO2. The molecule has 3 aliphatic rings. The van der Waals surface area contributed by atoms with Gasteiger partial charge in [-0.1, -0.05) is 0 Å². The minimum atomic E-state index is 0.0255. The van der Waals surface area contributed by atoms with Gasteiger partial charge >= 0.3 is 0 Å². The molecule has 0 radical (unpaired) electrons. The summed E-state index contributed by atoms with van der Waals surface area (Å²) in [4.78, 5) is 0. The molecule has 0 amide bonds. The Morgan fingerprint density at radius 2 is 2.14 bits per heavy atom. The zero-order valence-corrected chi connectivity index (χ0v) is 8.63. The monoisotopic (exact) mass is 197 g/mol. The van der Waals surface area contributed by atoms with Crippen LogP contribution in [-0.2, 0) is 9.47 Å². The lowest BCUT2D eigenvalue weighted by atomic mass is 9.84. The van der Waals surface area contributed by atoms with Gasteiger partial charge in [0.2, 0.25) is 0 Å². The smallest absolute Gasteiger partial charge is 0.107 e. The van der Waals surface area contributed by atoms with E-state index in [1.54, 1.807) is 0 Å². The van der Waals surface area contributed by atoms with Crippen LogP contribution in [0.2, 0.25) is 0 Å². The minimum absolute atomic E-state index is 0.0255. The Morgan fingerprint density at radius 3 is 2.86 bits per heavy atom. The van der Waals surface area contributed by atoms with Crippen molar-refractivity contribution in [2.24, 2.45) is 5.92 Å². The molecule has 1 saturated carbocycles. The summed E-state index contributed by atoms with van der Waals surface area (Å²) in [5, 5.41) is 3.64. The van der Waals surface area contributed by atoms with Crippen molar-refractivity contribution in [2.75, 3.05) is 26.4 Å². The Labute approximate surface area is 85.1 Å². The van der Waals surface area contributed by atoms with E-state index in [0.29, 0.717) is 6.04 Å². The Balaban J connectivity index is 1.77. The molecule has 0 aromatic rings.